The average molecular weight is 238 g/mol. The lowest BCUT2D eigenvalue weighted by Crippen LogP contribution is -2.19. The number of nitrogens with one attached hydrogen (secondary N) is 2. The fraction of sp³-hybridized carbons (Fsp3) is 0.667. The molecule has 0 radical (unpaired) electrons. The Balaban J connectivity index is 2.89. The van der Waals surface area contributed by atoms with Crippen LogP contribution in [0.15, 0.2) is 6.07 Å². The summed E-state index contributed by atoms with van der Waals surface area (Å²) in [7, 11) is 3.54. The van der Waals surface area contributed by atoms with Gasteiger partial charge < -0.3 is 15.4 Å². The second-order valence-electron chi connectivity index (χ2n) is 4.88. The SMILES string of the molecule is CNc1cc(NCCOC)nc(C(C)(C)C)n1. The molecule has 5 heteroatoms. The molecule has 0 aromatic carbocycles. The van der Waals surface area contributed by atoms with Gasteiger partial charge in [0.1, 0.15) is 17.5 Å². The van der Waals surface area contributed by atoms with Crippen molar-refractivity contribution < 1.29 is 4.74 Å². The van der Waals surface area contributed by atoms with Gasteiger partial charge in [-0.2, -0.15) is 0 Å². The molecule has 1 aromatic rings. The van der Waals surface area contributed by atoms with Crippen LogP contribution in [0.4, 0.5) is 11.6 Å². The van der Waals surface area contributed by atoms with Gasteiger partial charge in [0, 0.05) is 32.2 Å². The third-order valence-electron chi connectivity index (χ3n) is 2.27. The number of anilines is 2. The molecule has 1 rings (SSSR count). The van der Waals surface area contributed by atoms with E-state index in [0.29, 0.717) is 6.61 Å². The molecule has 0 aliphatic carbocycles. The standard InChI is InChI=1S/C12H22N4O/c1-12(2,3)11-15-9(13-4)8-10(16-11)14-6-7-17-5/h8H,6-7H2,1-5H3,(H2,13,14,15,16). The van der Waals surface area contributed by atoms with Crippen LogP contribution in [0.25, 0.3) is 0 Å². The largest absolute Gasteiger partial charge is 0.383 e. The Kier molecular flexibility index (Phi) is 4.69. The molecule has 1 aromatic heterocycles. The Morgan fingerprint density at radius 2 is 1.88 bits per heavy atom. The Bertz CT molecular complexity index is 360. The number of methoxy groups -OCH3 is 1. The Hall–Kier alpha value is -1.36. The van der Waals surface area contributed by atoms with Gasteiger partial charge in [-0.05, 0) is 0 Å². The van der Waals surface area contributed by atoms with Crippen molar-refractivity contribution >= 4 is 11.6 Å². The summed E-state index contributed by atoms with van der Waals surface area (Å²) in [5.74, 6) is 2.47. The lowest BCUT2D eigenvalue weighted by atomic mass is 9.96. The van der Waals surface area contributed by atoms with E-state index >= 15 is 0 Å². The maximum absolute atomic E-state index is 5.00. The lowest BCUT2D eigenvalue weighted by molar-refractivity contribution is 0.210. The zero-order valence-corrected chi connectivity index (χ0v) is 11.3. The predicted octanol–water partition coefficient (Wildman–Crippen LogP) is 1.87. The van der Waals surface area contributed by atoms with Crippen molar-refractivity contribution in [2.24, 2.45) is 0 Å². The number of ether oxygens (including phenoxy) is 1. The summed E-state index contributed by atoms with van der Waals surface area (Å²) in [5.41, 5.74) is -0.0649. The third kappa shape index (κ3) is 4.19. The van der Waals surface area contributed by atoms with Gasteiger partial charge in [0.25, 0.3) is 0 Å². The minimum absolute atomic E-state index is 0.0649. The molecule has 0 aliphatic rings. The average Bonchev–Trinajstić information content (AvgIpc) is 2.28. The highest BCUT2D eigenvalue weighted by atomic mass is 16.5. The van der Waals surface area contributed by atoms with E-state index < -0.39 is 0 Å². The van der Waals surface area contributed by atoms with Crippen LogP contribution in [0.1, 0.15) is 26.6 Å². The fourth-order valence-corrected chi connectivity index (χ4v) is 1.28. The number of hydrogen-bond donors (Lipinski definition) is 2. The molecule has 0 bridgehead atoms. The summed E-state index contributed by atoms with van der Waals surface area (Å²) < 4.78 is 5.00. The molecule has 0 fully saturated rings. The number of nitrogens with zero attached hydrogens (tertiary/aromatic N) is 2. The first-order valence-corrected chi connectivity index (χ1v) is 5.77. The van der Waals surface area contributed by atoms with Gasteiger partial charge in [0.05, 0.1) is 6.61 Å². The van der Waals surface area contributed by atoms with Crippen molar-refractivity contribution in [1.29, 1.82) is 0 Å². The Morgan fingerprint density at radius 3 is 2.41 bits per heavy atom. The highest BCUT2D eigenvalue weighted by Crippen LogP contribution is 2.21. The van der Waals surface area contributed by atoms with E-state index in [1.165, 1.54) is 0 Å². The van der Waals surface area contributed by atoms with Crippen molar-refractivity contribution in [2.75, 3.05) is 37.9 Å². The van der Waals surface area contributed by atoms with Crippen molar-refractivity contribution in [3.8, 4) is 0 Å². The Morgan fingerprint density at radius 1 is 1.24 bits per heavy atom. The van der Waals surface area contributed by atoms with Gasteiger partial charge in [0.2, 0.25) is 0 Å². The molecule has 0 atom stereocenters. The van der Waals surface area contributed by atoms with E-state index in [-0.39, 0.29) is 5.41 Å². The van der Waals surface area contributed by atoms with Gasteiger partial charge in [0.15, 0.2) is 0 Å². The summed E-state index contributed by atoms with van der Waals surface area (Å²) >= 11 is 0. The number of rotatable bonds is 5. The van der Waals surface area contributed by atoms with E-state index in [2.05, 4.69) is 41.4 Å². The second-order valence-corrected chi connectivity index (χ2v) is 4.88. The molecule has 17 heavy (non-hydrogen) atoms. The highest BCUT2D eigenvalue weighted by Gasteiger charge is 2.18. The van der Waals surface area contributed by atoms with E-state index in [1.807, 2.05) is 13.1 Å². The van der Waals surface area contributed by atoms with E-state index in [9.17, 15) is 0 Å². The predicted molar refractivity (Wildman–Crippen MR) is 70.6 cm³/mol. The zero-order valence-electron chi connectivity index (χ0n) is 11.3. The minimum Gasteiger partial charge on any atom is -0.383 e. The van der Waals surface area contributed by atoms with Gasteiger partial charge in [-0.15, -0.1) is 0 Å². The first-order chi connectivity index (χ1) is 7.97. The van der Waals surface area contributed by atoms with Gasteiger partial charge in [-0.1, -0.05) is 20.8 Å². The maximum Gasteiger partial charge on any atom is 0.138 e. The monoisotopic (exact) mass is 238 g/mol. The normalized spacial score (nSPS) is 11.4. The summed E-state index contributed by atoms with van der Waals surface area (Å²) in [4.78, 5) is 8.96. The summed E-state index contributed by atoms with van der Waals surface area (Å²) in [6.07, 6.45) is 0. The Labute approximate surface area is 103 Å². The molecule has 5 nitrogen and oxygen atoms in total. The van der Waals surface area contributed by atoms with Crippen LogP contribution in [0.5, 0.6) is 0 Å². The number of aromatic nitrogens is 2. The second kappa shape index (κ2) is 5.82. The molecule has 0 amide bonds. The number of hydrogen-bond acceptors (Lipinski definition) is 5. The molecule has 1 heterocycles. The molecule has 0 spiro atoms. The van der Waals surface area contributed by atoms with Gasteiger partial charge >= 0.3 is 0 Å². The third-order valence-corrected chi connectivity index (χ3v) is 2.27. The summed E-state index contributed by atoms with van der Waals surface area (Å²) in [5, 5.41) is 6.26. The molecule has 0 saturated heterocycles. The van der Waals surface area contributed by atoms with Crippen molar-refractivity contribution in [3.63, 3.8) is 0 Å². The summed E-state index contributed by atoms with van der Waals surface area (Å²) in [6.45, 7) is 7.69. The molecular weight excluding hydrogens is 216 g/mol. The molecule has 0 unspecified atom stereocenters. The smallest absolute Gasteiger partial charge is 0.138 e. The molecule has 0 saturated carbocycles. The lowest BCUT2D eigenvalue weighted by Gasteiger charge is -2.18. The molecule has 0 aliphatic heterocycles. The van der Waals surface area contributed by atoms with Crippen LogP contribution in [0, 0.1) is 0 Å². The van der Waals surface area contributed by atoms with Crippen molar-refractivity contribution in [3.05, 3.63) is 11.9 Å². The van der Waals surface area contributed by atoms with E-state index in [1.54, 1.807) is 7.11 Å². The first kappa shape index (κ1) is 13.7. The zero-order chi connectivity index (χ0) is 12.9. The van der Waals surface area contributed by atoms with Crippen molar-refractivity contribution in [1.82, 2.24) is 9.97 Å². The van der Waals surface area contributed by atoms with Gasteiger partial charge in [-0.25, -0.2) is 9.97 Å². The minimum atomic E-state index is -0.0649. The van der Waals surface area contributed by atoms with Crippen LogP contribution in [0.3, 0.4) is 0 Å². The highest BCUT2D eigenvalue weighted by molar-refractivity contribution is 5.47. The maximum atomic E-state index is 5.00. The van der Waals surface area contributed by atoms with Crippen LogP contribution < -0.4 is 10.6 Å². The molecule has 2 N–H and O–H groups in total. The molecule has 96 valence electrons. The van der Waals surface area contributed by atoms with Gasteiger partial charge in [-0.3, -0.25) is 0 Å². The van der Waals surface area contributed by atoms with Crippen LogP contribution in [-0.4, -0.2) is 37.3 Å². The van der Waals surface area contributed by atoms with E-state index in [4.69, 9.17) is 4.74 Å². The van der Waals surface area contributed by atoms with Crippen LogP contribution >= 0.6 is 0 Å². The van der Waals surface area contributed by atoms with Crippen LogP contribution in [0.2, 0.25) is 0 Å². The van der Waals surface area contributed by atoms with E-state index in [0.717, 1.165) is 24.0 Å². The van der Waals surface area contributed by atoms with Crippen LogP contribution in [-0.2, 0) is 10.2 Å². The first-order valence-electron chi connectivity index (χ1n) is 5.77. The summed E-state index contributed by atoms with van der Waals surface area (Å²) in [6, 6.07) is 1.89. The fourth-order valence-electron chi connectivity index (χ4n) is 1.28. The topological polar surface area (TPSA) is 59.1 Å². The quantitative estimate of drug-likeness (QED) is 0.767. The molecular formula is C12H22N4O. The van der Waals surface area contributed by atoms with Crippen molar-refractivity contribution in [2.45, 2.75) is 26.2 Å².